The van der Waals surface area contributed by atoms with Gasteiger partial charge in [-0.3, -0.25) is 0 Å². The molecule has 0 atom stereocenters. The predicted octanol–water partition coefficient (Wildman–Crippen LogP) is 1.09. The van der Waals surface area contributed by atoms with Gasteiger partial charge in [0.15, 0.2) is 0 Å². The molecule has 0 saturated carbocycles. The molecule has 0 radical (unpaired) electrons. The van der Waals surface area contributed by atoms with Crippen molar-refractivity contribution in [1.82, 2.24) is 14.8 Å². The van der Waals surface area contributed by atoms with Gasteiger partial charge in [0.1, 0.15) is 17.0 Å². The Labute approximate surface area is 61.1 Å². The lowest BCUT2D eigenvalue weighted by atomic mass is 10.6. The van der Waals surface area contributed by atoms with Crippen molar-refractivity contribution >= 4 is 17.6 Å². The molecule has 6 heteroatoms. The van der Waals surface area contributed by atoms with E-state index in [4.69, 9.17) is 0 Å². The number of aromatic nitrogens is 2. The zero-order chi connectivity index (χ0) is 6.81. The zero-order valence-corrected chi connectivity index (χ0v) is 5.67. The first-order chi connectivity index (χ1) is 4.97. The van der Waals surface area contributed by atoms with E-state index >= 15 is 0 Å². The van der Waals surface area contributed by atoms with Gasteiger partial charge in [0, 0.05) is 11.9 Å². The van der Waals surface area contributed by atoms with E-state index in [-0.39, 0.29) is 0 Å². The molecule has 0 saturated heterocycles. The molecule has 0 bridgehead atoms. The van der Waals surface area contributed by atoms with Crippen molar-refractivity contribution in [1.29, 1.82) is 0 Å². The molecule has 0 aromatic carbocycles. The van der Waals surface area contributed by atoms with E-state index in [9.17, 15) is 0 Å². The SMILES string of the molecule is c1ncc2c(n1)SNN=N2. The Balaban J connectivity index is 2.54. The number of hydrogen-bond acceptors (Lipinski definition) is 6. The summed E-state index contributed by atoms with van der Waals surface area (Å²) in [4.78, 5) is 10.4. The molecule has 1 aliphatic heterocycles. The summed E-state index contributed by atoms with van der Waals surface area (Å²) in [7, 11) is 0. The molecule has 0 amide bonds. The highest BCUT2D eigenvalue weighted by Crippen LogP contribution is 2.26. The lowest BCUT2D eigenvalue weighted by Gasteiger charge is -2.04. The van der Waals surface area contributed by atoms with Crippen molar-refractivity contribution in [2.75, 3.05) is 0 Å². The van der Waals surface area contributed by atoms with Gasteiger partial charge in [-0.05, 0) is 0 Å². The summed E-state index contributed by atoms with van der Waals surface area (Å²) in [5.41, 5.74) is 0.714. The third-order valence-corrected chi connectivity index (χ3v) is 1.68. The lowest BCUT2D eigenvalue weighted by Crippen LogP contribution is -1.96. The van der Waals surface area contributed by atoms with Crippen molar-refractivity contribution in [2.45, 2.75) is 5.03 Å². The first kappa shape index (κ1) is 5.60. The van der Waals surface area contributed by atoms with Gasteiger partial charge in [-0.1, -0.05) is 5.22 Å². The third kappa shape index (κ3) is 0.820. The fraction of sp³-hybridized carbons (Fsp3) is 0. The number of hydrogen-bond donors (Lipinski definition) is 1. The first-order valence-electron chi connectivity index (χ1n) is 2.59. The standard InChI is InChI=1S/C4H3N5S/c1-3-4(6-2-5-1)10-9-8-7-3/h1-2H,(H,7,9). The van der Waals surface area contributed by atoms with Gasteiger partial charge in [-0.25, -0.2) is 14.8 Å². The minimum Gasteiger partial charge on any atom is -0.242 e. The van der Waals surface area contributed by atoms with E-state index in [0.29, 0.717) is 5.69 Å². The van der Waals surface area contributed by atoms with Gasteiger partial charge >= 0.3 is 0 Å². The van der Waals surface area contributed by atoms with Crippen LogP contribution in [0.2, 0.25) is 0 Å². The second kappa shape index (κ2) is 2.22. The summed E-state index contributed by atoms with van der Waals surface area (Å²) in [6.45, 7) is 0. The van der Waals surface area contributed by atoms with Crippen LogP contribution in [0, 0.1) is 0 Å². The van der Waals surface area contributed by atoms with Crippen LogP contribution in [0.15, 0.2) is 27.9 Å². The van der Waals surface area contributed by atoms with E-state index in [2.05, 4.69) is 25.1 Å². The van der Waals surface area contributed by atoms with Crippen molar-refractivity contribution in [3.63, 3.8) is 0 Å². The van der Waals surface area contributed by atoms with Crippen LogP contribution < -0.4 is 4.83 Å². The van der Waals surface area contributed by atoms with Crippen LogP contribution in [0.5, 0.6) is 0 Å². The number of nitrogens with zero attached hydrogens (tertiary/aromatic N) is 4. The smallest absolute Gasteiger partial charge is 0.149 e. The summed E-state index contributed by atoms with van der Waals surface area (Å²) >= 11 is 1.33. The average molecular weight is 153 g/mol. The molecular weight excluding hydrogens is 150 g/mol. The minimum atomic E-state index is 0.714. The maximum Gasteiger partial charge on any atom is 0.149 e. The van der Waals surface area contributed by atoms with Gasteiger partial charge in [-0.2, -0.15) is 0 Å². The molecule has 10 heavy (non-hydrogen) atoms. The van der Waals surface area contributed by atoms with Crippen molar-refractivity contribution in [3.05, 3.63) is 12.5 Å². The van der Waals surface area contributed by atoms with E-state index in [1.54, 1.807) is 6.20 Å². The highest BCUT2D eigenvalue weighted by molar-refractivity contribution is 7.97. The molecule has 2 rings (SSSR count). The van der Waals surface area contributed by atoms with Gasteiger partial charge in [-0.15, -0.1) is 5.11 Å². The van der Waals surface area contributed by atoms with Crippen LogP contribution in [0.25, 0.3) is 0 Å². The summed E-state index contributed by atoms with van der Waals surface area (Å²) < 4.78 is 0. The molecule has 2 heterocycles. The van der Waals surface area contributed by atoms with Crippen LogP contribution in [-0.4, -0.2) is 9.97 Å². The molecular formula is C4H3N5S. The Hall–Kier alpha value is -1.17. The Bertz CT molecular complexity index is 272. The van der Waals surface area contributed by atoms with Crippen molar-refractivity contribution in [3.8, 4) is 0 Å². The maximum absolute atomic E-state index is 3.95. The zero-order valence-electron chi connectivity index (χ0n) is 4.85. The van der Waals surface area contributed by atoms with Crippen LogP contribution in [0.3, 0.4) is 0 Å². The summed E-state index contributed by atoms with van der Waals surface area (Å²) in [6.07, 6.45) is 3.11. The molecule has 1 N–H and O–H groups in total. The van der Waals surface area contributed by atoms with Gasteiger partial charge in [0.05, 0.1) is 6.20 Å². The lowest BCUT2D eigenvalue weighted by molar-refractivity contribution is 0.900. The molecule has 1 aromatic heterocycles. The molecule has 0 aliphatic carbocycles. The van der Waals surface area contributed by atoms with E-state index < -0.39 is 0 Å². The summed E-state index contributed by atoms with van der Waals surface area (Å²) in [5.74, 6) is 0. The predicted molar refractivity (Wildman–Crippen MR) is 35.5 cm³/mol. The van der Waals surface area contributed by atoms with E-state index in [1.807, 2.05) is 0 Å². The van der Waals surface area contributed by atoms with Crippen molar-refractivity contribution in [2.24, 2.45) is 10.3 Å². The fourth-order valence-corrected chi connectivity index (χ4v) is 1.06. The molecule has 0 unspecified atom stereocenters. The van der Waals surface area contributed by atoms with Crippen LogP contribution in [0.4, 0.5) is 5.69 Å². The van der Waals surface area contributed by atoms with Crippen LogP contribution >= 0.6 is 11.9 Å². The topological polar surface area (TPSA) is 62.5 Å². The average Bonchev–Trinajstić information content (AvgIpc) is 2.05. The second-order valence-electron chi connectivity index (χ2n) is 1.61. The van der Waals surface area contributed by atoms with Crippen molar-refractivity contribution < 1.29 is 0 Å². The van der Waals surface area contributed by atoms with Crippen LogP contribution in [-0.2, 0) is 0 Å². The summed E-state index contributed by atoms with van der Waals surface area (Å²) in [5, 5.41) is 8.15. The Morgan fingerprint density at radius 2 is 2.50 bits per heavy atom. The second-order valence-corrected chi connectivity index (χ2v) is 2.38. The number of fused-ring (bicyclic) bond motifs is 1. The molecule has 5 nitrogen and oxygen atoms in total. The molecule has 50 valence electrons. The van der Waals surface area contributed by atoms with Gasteiger partial charge < -0.3 is 0 Å². The van der Waals surface area contributed by atoms with Gasteiger partial charge in [0.25, 0.3) is 0 Å². The largest absolute Gasteiger partial charge is 0.242 e. The quantitative estimate of drug-likeness (QED) is 0.447. The van der Waals surface area contributed by atoms with Gasteiger partial charge in [0.2, 0.25) is 0 Å². The Morgan fingerprint density at radius 1 is 1.50 bits per heavy atom. The molecule has 0 spiro atoms. The highest BCUT2D eigenvalue weighted by Gasteiger charge is 2.06. The van der Waals surface area contributed by atoms with Crippen LogP contribution in [0.1, 0.15) is 0 Å². The minimum absolute atomic E-state index is 0.714. The fourth-order valence-electron chi connectivity index (χ4n) is 0.596. The number of rotatable bonds is 0. The van der Waals surface area contributed by atoms with E-state index in [1.165, 1.54) is 18.3 Å². The molecule has 0 fully saturated rings. The Morgan fingerprint density at radius 3 is 3.40 bits per heavy atom. The third-order valence-electron chi connectivity index (χ3n) is 0.998. The van der Waals surface area contributed by atoms with E-state index in [0.717, 1.165) is 5.03 Å². The monoisotopic (exact) mass is 153 g/mol. The molecule has 1 aliphatic rings. The number of nitrogens with one attached hydrogen (secondary N) is 1. The maximum atomic E-state index is 3.95. The first-order valence-corrected chi connectivity index (χ1v) is 3.41. The normalized spacial score (nSPS) is 14.0. The molecule has 1 aromatic rings. The summed E-state index contributed by atoms with van der Waals surface area (Å²) in [6, 6.07) is 0. The Kier molecular flexibility index (Phi) is 1.24. The highest BCUT2D eigenvalue weighted by atomic mass is 32.2.